The Labute approximate surface area is 172 Å². The molecule has 2 aromatic rings. The molecule has 1 saturated carbocycles. The van der Waals surface area contributed by atoms with Crippen molar-refractivity contribution in [3.8, 4) is 5.75 Å². The molecule has 3 rings (SSSR count). The molecule has 1 aliphatic rings. The van der Waals surface area contributed by atoms with E-state index in [9.17, 15) is 4.79 Å². The Kier molecular flexibility index (Phi) is 7.27. The minimum Gasteiger partial charge on any atom is -0.493 e. The monoisotopic (exact) mass is 397 g/mol. The lowest BCUT2D eigenvalue weighted by molar-refractivity contribution is 0.0939. The highest BCUT2D eigenvalue weighted by Crippen LogP contribution is 2.26. The van der Waals surface area contributed by atoms with Gasteiger partial charge in [-0.25, -0.2) is 4.98 Å². The van der Waals surface area contributed by atoms with E-state index in [0.29, 0.717) is 42.4 Å². The maximum atomic E-state index is 12.6. The van der Waals surface area contributed by atoms with Crippen LogP contribution in [0.2, 0.25) is 0 Å². The second-order valence-electron chi connectivity index (χ2n) is 7.63. The number of benzene rings is 1. The van der Waals surface area contributed by atoms with Crippen LogP contribution in [0, 0.1) is 5.92 Å². The summed E-state index contributed by atoms with van der Waals surface area (Å²) in [4.78, 5) is 23.4. The average Bonchev–Trinajstić information content (AvgIpc) is 2.74. The Morgan fingerprint density at radius 2 is 1.93 bits per heavy atom. The third kappa shape index (κ3) is 5.82. The van der Waals surface area contributed by atoms with Gasteiger partial charge in [0.1, 0.15) is 11.6 Å². The molecule has 1 aromatic heterocycles. The smallest absolute Gasteiger partial charge is 0.255 e. The second-order valence-corrected chi connectivity index (χ2v) is 7.63. The molecule has 0 spiro atoms. The van der Waals surface area contributed by atoms with Gasteiger partial charge >= 0.3 is 0 Å². The molecule has 0 bridgehead atoms. The number of para-hydroxylation sites is 1. The van der Waals surface area contributed by atoms with E-state index in [-0.39, 0.29) is 5.91 Å². The molecule has 156 valence electrons. The van der Waals surface area contributed by atoms with Gasteiger partial charge in [0.15, 0.2) is 0 Å². The minimum atomic E-state index is -0.0665. The molecule has 1 amide bonds. The van der Waals surface area contributed by atoms with Gasteiger partial charge in [-0.2, -0.15) is 4.98 Å². The van der Waals surface area contributed by atoms with Crippen LogP contribution in [0.1, 0.15) is 43.0 Å². The van der Waals surface area contributed by atoms with Gasteiger partial charge in [0.2, 0.25) is 5.95 Å². The van der Waals surface area contributed by atoms with Crippen LogP contribution in [0.5, 0.6) is 5.75 Å². The molecular formula is C22H31N5O2. The van der Waals surface area contributed by atoms with Gasteiger partial charge in [0.25, 0.3) is 5.91 Å². The number of anilines is 2. The molecule has 29 heavy (non-hydrogen) atoms. The second kappa shape index (κ2) is 10.1. The number of carbonyl (C=O) groups excluding carboxylic acids is 1. The average molecular weight is 398 g/mol. The van der Waals surface area contributed by atoms with E-state index >= 15 is 0 Å². The van der Waals surface area contributed by atoms with Crippen LogP contribution in [0.3, 0.4) is 0 Å². The van der Waals surface area contributed by atoms with E-state index in [2.05, 4.69) is 20.6 Å². The molecule has 0 radical (unpaired) electrons. The maximum Gasteiger partial charge on any atom is 0.255 e. The number of carbonyl (C=O) groups is 1. The first-order valence-corrected chi connectivity index (χ1v) is 10.3. The van der Waals surface area contributed by atoms with E-state index in [1.165, 1.54) is 0 Å². The van der Waals surface area contributed by atoms with Crippen LogP contribution < -0.4 is 20.3 Å². The number of hydrogen-bond acceptors (Lipinski definition) is 6. The normalized spacial score (nSPS) is 18.7. The summed E-state index contributed by atoms with van der Waals surface area (Å²) in [7, 11) is 3.94. The van der Waals surface area contributed by atoms with Crippen molar-refractivity contribution >= 4 is 17.7 Å². The van der Waals surface area contributed by atoms with Crippen molar-refractivity contribution in [2.45, 2.75) is 38.6 Å². The highest BCUT2D eigenvalue weighted by molar-refractivity contribution is 5.96. The number of nitrogens with zero attached hydrogens (tertiary/aromatic N) is 3. The fourth-order valence-corrected chi connectivity index (χ4v) is 3.63. The topological polar surface area (TPSA) is 79.4 Å². The Bertz CT molecular complexity index is 803. The zero-order valence-corrected chi connectivity index (χ0v) is 17.5. The molecule has 7 nitrogen and oxygen atoms in total. The van der Waals surface area contributed by atoms with Gasteiger partial charge in [0, 0.05) is 32.9 Å². The van der Waals surface area contributed by atoms with Crippen LogP contribution >= 0.6 is 0 Å². The molecule has 0 saturated heterocycles. The quantitative estimate of drug-likeness (QED) is 0.711. The van der Waals surface area contributed by atoms with Crippen molar-refractivity contribution in [1.82, 2.24) is 15.3 Å². The van der Waals surface area contributed by atoms with Gasteiger partial charge in [-0.1, -0.05) is 12.1 Å². The van der Waals surface area contributed by atoms with Crippen LogP contribution in [0.25, 0.3) is 0 Å². The zero-order chi connectivity index (χ0) is 20.6. The fraction of sp³-hybridized carbons (Fsp3) is 0.500. The zero-order valence-electron chi connectivity index (χ0n) is 17.5. The molecular weight excluding hydrogens is 366 g/mol. The van der Waals surface area contributed by atoms with Gasteiger partial charge in [-0.05, 0) is 56.7 Å². The van der Waals surface area contributed by atoms with E-state index < -0.39 is 0 Å². The number of aromatic nitrogens is 2. The van der Waals surface area contributed by atoms with Crippen LogP contribution in [0.15, 0.2) is 36.5 Å². The lowest BCUT2D eigenvalue weighted by atomic mass is 9.86. The summed E-state index contributed by atoms with van der Waals surface area (Å²) in [6, 6.07) is 9.66. The maximum absolute atomic E-state index is 12.6. The van der Waals surface area contributed by atoms with Crippen molar-refractivity contribution < 1.29 is 9.53 Å². The summed E-state index contributed by atoms with van der Waals surface area (Å²) in [5.74, 6) is 2.64. The Balaban J connectivity index is 1.45. The first-order valence-electron chi connectivity index (χ1n) is 10.3. The Morgan fingerprint density at radius 1 is 1.17 bits per heavy atom. The number of nitrogens with one attached hydrogen (secondary N) is 2. The molecule has 2 N–H and O–H groups in total. The van der Waals surface area contributed by atoms with Crippen LogP contribution in [-0.4, -0.2) is 49.2 Å². The van der Waals surface area contributed by atoms with Crippen molar-refractivity contribution in [3.63, 3.8) is 0 Å². The van der Waals surface area contributed by atoms with Crippen molar-refractivity contribution in [1.29, 1.82) is 0 Å². The molecule has 7 heteroatoms. The largest absolute Gasteiger partial charge is 0.493 e. The van der Waals surface area contributed by atoms with E-state index in [4.69, 9.17) is 4.74 Å². The number of hydrogen-bond donors (Lipinski definition) is 2. The Morgan fingerprint density at radius 3 is 2.66 bits per heavy atom. The number of amides is 1. The lowest BCUT2D eigenvalue weighted by Crippen LogP contribution is -2.34. The lowest BCUT2D eigenvalue weighted by Gasteiger charge is -2.29. The summed E-state index contributed by atoms with van der Waals surface area (Å²) in [6.07, 6.45) is 6.01. The summed E-state index contributed by atoms with van der Waals surface area (Å²) in [6.45, 7) is 3.16. The molecule has 1 aliphatic carbocycles. The minimum absolute atomic E-state index is 0.0665. The SMILES string of the molecule is CCOc1ccccc1C(=O)NC[C@H]1CC[C@@H](Nc2nccc(N(C)C)n2)CC1. The summed E-state index contributed by atoms with van der Waals surface area (Å²) in [5.41, 5.74) is 0.600. The molecule has 1 aromatic carbocycles. The molecule has 0 unspecified atom stereocenters. The third-order valence-electron chi connectivity index (χ3n) is 5.26. The van der Waals surface area contributed by atoms with E-state index in [1.807, 2.05) is 56.3 Å². The summed E-state index contributed by atoms with van der Waals surface area (Å²) < 4.78 is 5.56. The summed E-state index contributed by atoms with van der Waals surface area (Å²) in [5, 5.41) is 6.54. The van der Waals surface area contributed by atoms with Gasteiger partial charge in [0.05, 0.1) is 12.2 Å². The number of rotatable bonds is 8. The predicted molar refractivity (Wildman–Crippen MR) is 116 cm³/mol. The van der Waals surface area contributed by atoms with E-state index in [1.54, 1.807) is 6.20 Å². The standard InChI is InChI=1S/C22H31N5O2/c1-4-29-19-8-6-5-7-18(19)21(28)24-15-16-9-11-17(12-10-16)25-22-23-14-13-20(26-22)27(2)3/h5-8,13-14,16-17H,4,9-12,15H2,1-3H3,(H,24,28)(H,23,25,26)/t16-,17+. The van der Waals surface area contributed by atoms with Crippen LogP contribution in [0.4, 0.5) is 11.8 Å². The highest BCUT2D eigenvalue weighted by atomic mass is 16.5. The Hall–Kier alpha value is -2.83. The first kappa shape index (κ1) is 20.9. The van der Waals surface area contributed by atoms with Gasteiger partial charge in [-0.15, -0.1) is 0 Å². The molecule has 1 fully saturated rings. The first-order chi connectivity index (χ1) is 14.1. The van der Waals surface area contributed by atoms with Crippen LogP contribution in [-0.2, 0) is 0 Å². The van der Waals surface area contributed by atoms with Gasteiger partial charge in [-0.3, -0.25) is 4.79 Å². The highest BCUT2D eigenvalue weighted by Gasteiger charge is 2.23. The number of ether oxygens (including phenoxy) is 1. The molecule has 0 atom stereocenters. The molecule has 0 aliphatic heterocycles. The van der Waals surface area contributed by atoms with E-state index in [0.717, 1.165) is 31.5 Å². The fourth-order valence-electron chi connectivity index (χ4n) is 3.63. The molecule has 1 heterocycles. The van der Waals surface area contributed by atoms with Gasteiger partial charge < -0.3 is 20.3 Å². The predicted octanol–water partition coefficient (Wildman–Crippen LogP) is 3.34. The van der Waals surface area contributed by atoms with Crippen molar-refractivity contribution in [3.05, 3.63) is 42.1 Å². The van der Waals surface area contributed by atoms with Crippen molar-refractivity contribution in [2.24, 2.45) is 5.92 Å². The van der Waals surface area contributed by atoms with Crippen molar-refractivity contribution in [2.75, 3.05) is 37.5 Å². The third-order valence-corrected chi connectivity index (χ3v) is 5.26. The summed E-state index contributed by atoms with van der Waals surface area (Å²) >= 11 is 0.